The van der Waals surface area contributed by atoms with Crippen molar-refractivity contribution in [2.75, 3.05) is 0 Å². The third-order valence-corrected chi connectivity index (χ3v) is 4.27. The number of hydrogen-bond acceptors (Lipinski definition) is 3. The summed E-state index contributed by atoms with van der Waals surface area (Å²) in [6.45, 7) is 3.46. The number of hydrogen-bond donors (Lipinski definition) is 0. The molecule has 2 rings (SSSR count). The van der Waals surface area contributed by atoms with Crippen LogP contribution in [-0.4, -0.2) is 8.42 Å². The number of aryl methyl sites for hydroxylation is 2. The third kappa shape index (κ3) is 3.43. The van der Waals surface area contributed by atoms with Crippen LogP contribution in [0.2, 0.25) is 0 Å². The summed E-state index contributed by atoms with van der Waals surface area (Å²) in [7, 11) is -3.83. The first-order chi connectivity index (χ1) is 9.38. The summed E-state index contributed by atoms with van der Waals surface area (Å²) in [5, 5.41) is 0. The molecule has 0 atom stereocenters. The molecular weight excluding hydrogens is 279 g/mol. The maximum absolute atomic E-state index is 13.1. The first kappa shape index (κ1) is 14.7. The molecule has 0 aliphatic carbocycles. The molecule has 0 unspecified atom stereocenters. The normalized spacial score (nSPS) is 11.6. The van der Waals surface area contributed by atoms with Crippen LogP contribution in [0.15, 0.2) is 47.4 Å². The Balaban J connectivity index is 2.17. The number of halogens is 1. The van der Waals surface area contributed by atoms with E-state index in [1.807, 2.05) is 6.92 Å². The van der Waals surface area contributed by atoms with E-state index in [1.54, 1.807) is 25.1 Å². The molecule has 0 amide bonds. The Morgan fingerprint density at radius 1 is 1.05 bits per heavy atom. The molecule has 0 aromatic heterocycles. The highest BCUT2D eigenvalue weighted by molar-refractivity contribution is 7.86. The predicted octanol–water partition coefficient (Wildman–Crippen LogP) is 3.35. The van der Waals surface area contributed by atoms with Crippen LogP contribution in [0.1, 0.15) is 16.7 Å². The summed E-state index contributed by atoms with van der Waals surface area (Å²) in [5.41, 5.74) is 2.26. The molecule has 0 heterocycles. The molecule has 0 aliphatic heterocycles. The van der Waals surface area contributed by atoms with Gasteiger partial charge < -0.3 is 0 Å². The summed E-state index contributed by atoms with van der Waals surface area (Å²) in [6, 6.07) is 10.6. The largest absolute Gasteiger partial charge is 0.297 e. The van der Waals surface area contributed by atoms with E-state index in [4.69, 9.17) is 4.18 Å². The lowest BCUT2D eigenvalue weighted by atomic mass is 10.1. The van der Waals surface area contributed by atoms with Gasteiger partial charge in [-0.15, -0.1) is 0 Å². The quantitative estimate of drug-likeness (QED) is 0.812. The molecular formula is C15H15FO3S. The maximum atomic E-state index is 13.1. The van der Waals surface area contributed by atoms with E-state index in [9.17, 15) is 12.8 Å². The molecule has 2 aromatic carbocycles. The Morgan fingerprint density at radius 2 is 1.70 bits per heavy atom. The second-order valence-corrected chi connectivity index (χ2v) is 6.22. The smallest absolute Gasteiger partial charge is 0.262 e. The monoisotopic (exact) mass is 294 g/mol. The van der Waals surface area contributed by atoms with E-state index in [0.29, 0.717) is 5.56 Å². The summed E-state index contributed by atoms with van der Waals surface area (Å²) in [6.07, 6.45) is 0. The van der Waals surface area contributed by atoms with E-state index in [2.05, 4.69) is 0 Å². The highest BCUT2D eigenvalue weighted by atomic mass is 32.2. The minimum atomic E-state index is -3.83. The molecule has 106 valence electrons. The molecule has 2 aromatic rings. The van der Waals surface area contributed by atoms with Crippen molar-refractivity contribution in [1.29, 1.82) is 0 Å². The Kier molecular flexibility index (Phi) is 4.20. The lowest BCUT2D eigenvalue weighted by Gasteiger charge is -2.08. The van der Waals surface area contributed by atoms with Gasteiger partial charge in [-0.1, -0.05) is 23.8 Å². The van der Waals surface area contributed by atoms with Crippen LogP contribution in [0.5, 0.6) is 0 Å². The molecule has 0 spiro atoms. The van der Waals surface area contributed by atoms with Crippen LogP contribution in [0.4, 0.5) is 4.39 Å². The minimum Gasteiger partial charge on any atom is -0.262 e. The second-order valence-electron chi connectivity index (χ2n) is 4.60. The fourth-order valence-corrected chi connectivity index (χ4v) is 2.60. The van der Waals surface area contributed by atoms with Crippen LogP contribution in [0, 0.1) is 19.7 Å². The zero-order chi connectivity index (χ0) is 14.8. The van der Waals surface area contributed by atoms with Gasteiger partial charge >= 0.3 is 0 Å². The average molecular weight is 294 g/mol. The van der Waals surface area contributed by atoms with Gasteiger partial charge in [-0.05, 0) is 49.2 Å². The van der Waals surface area contributed by atoms with Crippen molar-refractivity contribution in [1.82, 2.24) is 0 Å². The van der Waals surface area contributed by atoms with Crippen LogP contribution >= 0.6 is 0 Å². The van der Waals surface area contributed by atoms with E-state index in [0.717, 1.165) is 11.1 Å². The fourth-order valence-electron chi connectivity index (χ4n) is 1.71. The van der Waals surface area contributed by atoms with E-state index in [1.165, 1.54) is 24.3 Å². The topological polar surface area (TPSA) is 43.4 Å². The third-order valence-electron chi connectivity index (χ3n) is 2.99. The molecule has 0 radical (unpaired) electrons. The first-order valence-electron chi connectivity index (χ1n) is 6.09. The van der Waals surface area contributed by atoms with Gasteiger partial charge in [0.25, 0.3) is 10.1 Å². The van der Waals surface area contributed by atoms with Gasteiger partial charge in [0.05, 0.1) is 11.5 Å². The van der Waals surface area contributed by atoms with Gasteiger partial charge in [0.15, 0.2) is 0 Å². The van der Waals surface area contributed by atoms with Crippen molar-refractivity contribution < 1.29 is 17.0 Å². The van der Waals surface area contributed by atoms with Crippen molar-refractivity contribution in [3.8, 4) is 0 Å². The molecule has 0 saturated heterocycles. The van der Waals surface area contributed by atoms with Gasteiger partial charge in [0.1, 0.15) is 5.82 Å². The van der Waals surface area contributed by atoms with Gasteiger partial charge in [-0.2, -0.15) is 8.42 Å². The highest BCUT2D eigenvalue weighted by Gasteiger charge is 2.15. The standard InChI is InChI=1S/C15H15FO3S/c1-11-3-7-15(8-4-11)20(17,18)19-10-13-9-14(16)6-5-12(13)2/h3-9H,10H2,1-2H3. The highest BCUT2D eigenvalue weighted by Crippen LogP contribution is 2.17. The maximum Gasteiger partial charge on any atom is 0.297 e. The lowest BCUT2D eigenvalue weighted by Crippen LogP contribution is -2.07. The minimum absolute atomic E-state index is 0.0946. The molecule has 0 N–H and O–H groups in total. The molecule has 0 aliphatic rings. The summed E-state index contributed by atoms with van der Waals surface area (Å²) in [4.78, 5) is 0.0946. The van der Waals surface area contributed by atoms with Gasteiger partial charge in [-0.3, -0.25) is 4.18 Å². The van der Waals surface area contributed by atoms with Crippen molar-refractivity contribution in [2.45, 2.75) is 25.3 Å². The molecule has 0 fully saturated rings. The molecule has 20 heavy (non-hydrogen) atoms. The predicted molar refractivity (Wildman–Crippen MR) is 74.3 cm³/mol. The van der Waals surface area contributed by atoms with Crippen LogP contribution in [0.3, 0.4) is 0 Å². The van der Waals surface area contributed by atoms with E-state index in [-0.39, 0.29) is 11.5 Å². The molecule has 0 saturated carbocycles. The zero-order valence-corrected chi connectivity index (χ0v) is 12.1. The summed E-state index contributed by atoms with van der Waals surface area (Å²) < 4.78 is 42.1. The van der Waals surface area contributed by atoms with Crippen LogP contribution < -0.4 is 0 Å². The van der Waals surface area contributed by atoms with Gasteiger partial charge in [0.2, 0.25) is 0 Å². The number of benzene rings is 2. The van der Waals surface area contributed by atoms with Crippen molar-refractivity contribution >= 4 is 10.1 Å². The van der Waals surface area contributed by atoms with E-state index < -0.39 is 15.9 Å². The molecule has 0 bridgehead atoms. The second kappa shape index (κ2) is 5.73. The SMILES string of the molecule is Cc1ccc(S(=O)(=O)OCc2cc(F)ccc2C)cc1. The first-order valence-corrected chi connectivity index (χ1v) is 7.50. The molecule has 3 nitrogen and oxygen atoms in total. The van der Waals surface area contributed by atoms with Crippen LogP contribution in [0.25, 0.3) is 0 Å². The van der Waals surface area contributed by atoms with E-state index >= 15 is 0 Å². The van der Waals surface area contributed by atoms with Gasteiger partial charge in [-0.25, -0.2) is 4.39 Å². The zero-order valence-electron chi connectivity index (χ0n) is 11.3. The Morgan fingerprint density at radius 3 is 2.35 bits per heavy atom. The Labute approximate surface area is 118 Å². The fraction of sp³-hybridized carbons (Fsp3) is 0.200. The summed E-state index contributed by atoms with van der Waals surface area (Å²) >= 11 is 0. The molecule has 5 heteroatoms. The lowest BCUT2D eigenvalue weighted by molar-refractivity contribution is 0.306. The number of rotatable bonds is 4. The van der Waals surface area contributed by atoms with Crippen molar-refractivity contribution in [3.05, 3.63) is 65.0 Å². The van der Waals surface area contributed by atoms with Crippen molar-refractivity contribution in [2.24, 2.45) is 0 Å². The van der Waals surface area contributed by atoms with Gasteiger partial charge in [0, 0.05) is 0 Å². The van der Waals surface area contributed by atoms with Crippen LogP contribution in [-0.2, 0) is 20.9 Å². The van der Waals surface area contributed by atoms with Crippen molar-refractivity contribution in [3.63, 3.8) is 0 Å². The summed E-state index contributed by atoms with van der Waals surface area (Å²) in [5.74, 6) is -0.415. The Bertz CT molecular complexity index is 706. The Hall–Kier alpha value is -1.72. The average Bonchev–Trinajstić information content (AvgIpc) is 2.40.